The van der Waals surface area contributed by atoms with Crippen molar-refractivity contribution in [1.82, 2.24) is 29.5 Å². The molecule has 1 aliphatic rings. The molecule has 0 aromatic carbocycles. The molecule has 0 saturated heterocycles. The van der Waals surface area contributed by atoms with E-state index in [1.54, 1.807) is 19.5 Å². The van der Waals surface area contributed by atoms with Crippen molar-refractivity contribution in [2.75, 3.05) is 38.0 Å². The predicted octanol–water partition coefficient (Wildman–Crippen LogP) is 3.16. The summed E-state index contributed by atoms with van der Waals surface area (Å²) < 4.78 is 12.8. The first-order valence-corrected chi connectivity index (χ1v) is 11.3. The van der Waals surface area contributed by atoms with E-state index in [1.165, 1.54) is 0 Å². The van der Waals surface area contributed by atoms with E-state index in [-0.39, 0.29) is 0 Å². The van der Waals surface area contributed by atoms with Crippen molar-refractivity contribution >= 4 is 28.4 Å². The molecule has 4 aromatic rings. The van der Waals surface area contributed by atoms with Crippen LogP contribution >= 0.6 is 0 Å². The Morgan fingerprint density at radius 2 is 1.88 bits per heavy atom. The summed E-state index contributed by atoms with van der Waals surface area (Å²) in [6.45, 7) is 1.29. The maximum absolute atomic E-state index is 5.88. The maximum atomic E-state index is 5.88. The van der Waals surface area contributed by atoms with Gasteiger partial charge in [0.1, 0.15) is 11.0 Å². The Bertz CT molecular complexity index is 1240. The second-order valence-electron chi connectivity index (χ2n) is 8.13. The first-order chi connectivity index (χ1) is 16.2. The topological polar surface area (TPSA) is 111 Å². The highest BCUT2D eigenvalue weighted by molar-refractivity contribution is 5.89. The molecule has 5 rings (SSSR count). The van der Waals surface area contributed by atoms with Crippen LogP contribution in [0.1, 0.15) is 25.7 Å². The molecule has 0 bridgehead atoms. The van der Waals surface area contributed by atoms with Crippen molar-refractivity contribution in [2.24, 2.45) is 0 Å². The number of fused-ring (bicyclic) bond motifs is 2. The molecule has 1 saturated carbocycles. The molecule has 0 radical (unpaired) electrons. The van der Waals surface area contributed by atoms with Crippen molar-refractivity contribution in [3.63, 3.8) is 0 Å². The van der Waals surface area contributed by atoms with E-state index in [0.29, 0.717) is 37.0 Å². The van der Waals surface area contributed by atoms with Gasteiger partial charge < -0.3 is 20.1 Å². The highest BCUT2D eigenvalue weighted by Crippen LogP contribution is 2.30. The van der Waals surface area contributed by atoms with Crippen LogP contribution in [0.15, 0.2) is 36.8 Å². The fourth-order valence-corrected chi connectivity index (χ4v) is 4.33. The molecule has 4 heterocycles. The molecule has 0 spiro atoms. The fourth-order valence-electron chi connectivity index (χ4n) is 4.33. The minimum Gasteiger partial charge on any atom is -0.382 e. The summed E-state index contributed by atoms with van der Waals surface area (Å²) in [5.41, 5.74) is 3.99. The summed E-state index contributed by atoms with van der Waals surface area (Å²) in [5.74, 6) is 1.35. The molecule has 1 aliphatic carbocycles. The van der Waals surface area contributed by atoms with Crippen LogP contribution in [0, 0.1) is 0 Å². The fraction of sp³-hybridized carbons (Fsp3) is 0.435. The van der Waals surface area contributed by atoms with E-state index in [4.69, 9.17) is 19.6 Å². The van der Waals surface area contributed by atoms with Crippen molar-refractivity contribution in [2.45, 2.75) is 37.8 Å². The Morgan fingerprint density at radius 3 is 2.70 bits per heavy atom. The lowest BCUT2D eigenvalue weighted by molar-refractivity contribution is -0.00158. The monoisotopic (exact) mass is 448 g/mol. The zero-order valence-electron chi connectivity index (χ0n) is 18.9. The number of hydrogen-bond acceptors (Lipinski definition) is 9. The van der Waals surface area contributed by atoms with E-state index in [2.05, 4.69) is 25.6 Å². The molecule has 0 aliphatic heterocycles. The first-order valence-electron chi connectivity index (χ1n) is 11.3. The van der Waals surface area contributed by atoms with Gasteiger partial charge in [-0.15, -0.1) is 5.10 Å². The molecule has 0 amide bonds. The van der Waals surface area contributed by atoms with Crippen LogP contribution in [0.4, 0.5) is 11.8 Å². The van der Waals surface area contributed by atoms with Gasteiger partial charge in [-0.3, -0.25) is 4.98 Å². The molecule has 0 atom stereocenters. The number of aromatic nitrogens is 6. The van der Waals surface area contributed by atoms with Gasteiger partial charge >= 0.3 is 0 Å². The number of nitrogens with zero attached hydrogens (tertiary/aromatic N) is 6. The quantitative estimate of drug-likeness (QED) is 0.393. The molecule has 0 unspecified atom stereocenters. The normalized spacial score (nSPS) is 18.6. The Morgan fingerprint density at radius 1 is 1.03 bits per heavy atom. The standard InChI is InChI=1S/C23H28N8O2/c1-24-22-20-17(18-7-8-19-21(28-18)26-11-10-25-19)9-12-31(20)30-23(29-22)27-15-3-5-16(6-4-15)33-14-13-32-2/h7-12,15-16H,3-6,13-14H2,1-2H3,(H2,24,27,29,30). The van der Waals surface area contributed by atoms with Crippen molar-refractivity contribution in [1.29, 1.82) is 0 Å². The summed E-state index contributed by atoms with van der Waals surface area (Å²) in [6, 6.07) is 6.21. The average Bonchev–Trinajstić information content (AvgIpc) is 3.28. The number of anilines is 2. The van der Waals surface area contributed by atoms with Gasteiger partial charge in [0.2, 0.25) is 5.95 Å². The van der Waals surface area contributed by atoms with Crippen LogP contribution in [0.3, 0.4) is 0 Å². The van der Waals surface area contributed by atoms with Gasteiger partial charge in [-0.05, 0) is 43.9 Å². The molecule has 4 aromatic heterocycles. The Labute approximate surface area is 191 Å². The largest absolute Gasteiger partial charge is 0.382 e. The van der Waals surface area contributed by atoms with Crippen molar-refractivity contribution in [3.8, 4) is 11.3 Å². The minimum absolute atomic E-state index is 0.306. The third-order valence-electron chi connectivity index (χ3n) is 6.00. The minimum atomic E-state index is 0.306. The van der Waals surface area contributed by atoms with Gasteiger partial charge in [0.15, 0.2) is 11.5 Å². The third kappa shape index (κ3) is 4.57. The van der Waals surface area contributed by atoms with Crippen LogP contribution in [0.5, 0.6) is 0 Å². The maximum Gasteiger partial charge on any atom is 0.243 e. The highest BCUT2D eigenvalue weighted by Gasteiger charge is 2.23. The lowest BCUT2D eigenvalue weighted by Crippen LogP contribution is -2.31. The van der Waals surface area contributed by atoms with Crippen LogP contribution < -0.4 is 10.6 Å². The molecular formula is C23H28N8O2. The molecule has 10 heteroatoms. The van der Waals surface area contributed by atoms with Crippen LogP contribution in [-0.4, -0.2) is 69.1 Å². The molecule has 1 fully saturated rings. The molecule has 33 heavy (non-hydrogen) atoms. The zero-order valence-corrected chi connectivity index (χ0v) is 18.9. The summed E-state index contributed by atoms with van der Waals surface area (Å²) in [7, 11) is 3.56. The first kappa shape index (κ1) is 21.5. The zero-order chi connectivity index (χ0) is 22.6. The van der Waals surface area contributed by atoms with Gasteiger partial charge in [-0.25, -0.2) is 14.5 Å². The van der Waals surface area contributed by atoms with E-state index in [0.717, 1.165) is 53.8 Å². The molecule has 172 valence electrons. The summed E-state index contributed by atoms with van der Waals surface area (Å²) in [5, 5.41) is 11.4. The number of nitrogens with one attached hydrogen (secondary N) is 2. The summed E-state index contributed by atoms with van der Waals surface area (Å²) >= 11 is 0. The average molecular weight is 449 g/mol. The van der Waals surface area contributed by atoms with Gasteiger partial charge in [-0.2, -0.15) is 4.98 Å². The van der Waals surface area contributed by atoms with E-state index in [9.17, 15) is 0 Å². The number of hydrogen-bond donors (Lipinski definition) is 2. The van der Waals surface area contributed by atoms with Crippen LogP contribution in [0.25, 0.3) is 27.9 Å². The van der Waals surface area contributed by atoms with Crippen molar-refractivity contribution < 1.29 is 9.47 Å². The SMILES string of the molecule is CNc1nc(NC2CCC(OCCOC)CC2)nn2ccc(-c3ccc4nccnc4n3)c12. The Kier molecular flexibility index (Phi) is 6.27. The lowest BCUT2D eigenvalue weighted by atomic mass is 9.93. The Balaban J connectivity index is 1.35. The van der Waals surface area contributed by atoms with Crippen molar-refractivity contribution in [3.05, 3.63) is 36.8 Å². The predicted molar refractivity (Wildman–Crippen MR) is 126 cm³/mol. The number of rotatable bonds is 8. The van der Waals surface area contributed by atoms with Gasteiger partial charge in [-0.1, -0.05) is 0 Å². The van der Waals surface area contributed by atoms with E-state index >= 15 is 0 Å². The number of methoxy groups -OCH3 is 1. The van der Waals surface area contributed by atoms with Gasteiger partial charge in [0, 0.05) is 44.4 Å². The van der Waals surface area contributed by atoms with Gasteiger partial charge in [0.25, 0.3) is 0 Å². The molecule has 10 nitrogen and oxygen atoms in total. The second kappa shape index (κ2) is 9.63. The third-order valence-corrected chi connectivity index (χ3v) is 6.00. The Hall–Kier alpha value is -3.37. The number of ether oxygens (including phenoxy) is 2. The number of pyridine rings is 1. The lowest BCUT2D eigenvalue weighted by Gasteiger charge is -2.29. The van der Waals surface area contributed by atoms with E-state index in [1.807, 2.05) is 36.0 Å². The second-order valence-corrected chi connectivity index (χ2v) is 8.13. The van der Waals surface area contributed by atoms with E-state index < -0.39 is 0 Å². The smallest absolute Gasteiger partial charge is 0.243 e. The summed E-state index contributed by atoms with van der Waals surface area (Å²) in [6.07, 6.45) is 9.64. The highest BCUT2D eigenvalue weighted by atomic mass is 16.5. The molecular weight excluding hydrogens is 420 g/mol. The van der Waals surface area contributed by atoms with Gasteiger partial charge in [0.05, 0.1) is 25.0 Å². The van der Waals surface area contributed by atoms with Crippen LogP contribution in [-0.2, 0) is 9.47 Å². The molecule has 2 N–H and O–H groups in total. The summed E-state index contributed by atoms with van der Waals surface area (Å²) in [4.78, 5) is 18.1. The van der Waals surface area contributed by atoms with Crippen LogP contribution in [0.2, 0.25) is 0 Å².